The first-order valence-electron chi connectivity index (χ1n) is 11.2. The van der Waals surface area contributed by atoms with Crippen LogP contribution in [0.15, 0.2) is 95.1 Å². The number of aromatic nitrogens is 1. The number of halogens is 2. The van der Waals surface area contributed by atoms with Crippen LogP contribution in [0.2, 0.25) is 0 Å². The zero-order valence-corrected chi connectivity index (χ0v) is 23.3. The summed E-state index contributed by atoms with van der Waals surface area (Å²) in [4.78, 5) is 31.8. The highest BCUT2D eigenvalue weighted by Crippen LogP contribution is 2.34. The highest BCUT2D eigenvalue weighted by atomic mass is 79.9. The fraction of sp³-hybridized carbons (Fsp3) is 0.148. The Morgan fingerprint density at radius 2 is 1.92 bits per heavy atom. The molecule has 0 aliphatic carbocycles. The Morgan fingerprint density at radius 3 is 2.64 bits per heavy atom. The molecule has 0 saturated carbocycles. The van der Waals surface area contributed by atoms with Crippen LogP contribution >= 0.6 is 43.2 Å². The zero-order valence-electron chi connectivity index (χ0n) is 19.3. The largest absolute Gasteiger partial charge is 0.463 e. The first-order valence-corrected chi connectivity index (χ1v) is 13.6. The van der Waals surface area contributed by atoms with E-state index in [1.807, 2.05) is 60.7 Å². The van der Waals surface area contributed by atoms with Crippen LogP contribution in [0.4, 0.5) is 0 Å². The molecule has 0 radical (unpaired) electrons. The Bertz CT molecular complexity index is 1680. The van der Waals surface area contributed by atoms with E-state index in [2.05, 4.69) is 36.9 Å². The number of carbonyl (C=O) groups is 1. The second-order valence-electron chi connectivity index (χ2n) is 8.07. The SMILES string of the molecule is CCOC(=O)C1=C(C)N=c2s/c(=C\c3cccc(Br)c3)c(=O)n2[C@@H]1c1ccc(-c2ccc(Br)cc2)o1. The molecule has 6 nitrogen and oxygen atoms in total. The number of fused-ring (bicyclic) bond motifs is 1. The first-order chi connectivity index (χ1) is 17.4. The molecule has 0 bridgehead atoms. The van der Waals surface area contributed by atoms with Crippen molar-refractivity contribution < 1.29 is 13.9 Å². The third-order valence-electron chi connectivity index (χ3n) is 5.69. The van der Waals surface area contributed by atoms with Gasteiger partial charge >= 0.3 is 5.97 Å². The van der Waals surface area contributed by atoms with Crippen LogP contribution in [-0.4, -0.2) is 17.1 Å². The summed E-state index contributed by atoms with van der Waals surface area (Å²) < 4.78 is 15.5. The summed E-state index contributed by atoms with van der Waals surface area (Å²) >= 11 is 8.19. The normalized spacial score (nSPS) is 15.6. The third-order valence-corrected chi connectivity index (χ3v) is 7.69. The van der Waals surface area contributed by atoms with Gasteiger partial charge in [0.2, 0.25) is 0 Å². The Morgan fingerprint density at radius 1 is 1.14 bits per heavy atom. The van der Waals surface area contributed by atoms with Gasteiger partial charge in [-0.1, -0.05) is 67.5 Å². The van der Waals surface area contributed by atoms with Gasteiger partial charge < -0.3 is 9.15 Å². The van der Waals surface area contributed by atoms with Gasteiger partial charge in [0.1, 0.15) is 17.6 Å². The topological polar surface area (TPSA) is 73.8 Å². The van der Waals surface area contributed by atoms with Crippen LogP contribution in [-0.2, 0) is 9.53 Å². The fourth-order valence-corrected chi connectivity index (χ4v) is 5.81. The molecule has 36 heavy (non-hydrogen) atoms. The van der Waals surface area contributed by atoms with Gasteiger partial charge in [0, 0.05) is 14.5 Å². The van der Waals surface area contributed by atoms with E-state index in [4.69, 9.17) is 9.15 Å². The summed E-state index contributed by atoms with van der Waals surface area (Å²) in [6.45, 7) is 3.70. The number of hydrogen-bond donors (Lipinski definition) is 0. The molecule has 9 heteroatoms. The lowest BCUT2D eigenvalue weighted by molar-refractivity contribution is -0.139. The van der Waals surface area contributed by atoms with Gasteiger partial charge in [0.05, 0.1) is 22.4 Å². The van der Waals surface area contributed by atoms with E-state index in [1.54, 1.807) is 19.9 Å². The second kappa shape index (κ2) is 10.2. The van der Waals surface area contributed by atoms with E-state index < -0.39 is 12.0 Å². The number of thiazole rings is 1. The lowest BCUT2D eigenvalue weighted by atomic mass is 10.0. The summed E-state index contributed by atoms with van der Waals surface area (Å²) in [5.41, 5.74) is 2.29. The van der Waals surface area contributed by atoms with E-state index in [1.165, 1.54) is 15.9 Å². The Labute approximate surface area is 227 Å². The van der Waals surface area contributed by atoms with Gasteiger partial charge in [-0.15, -0.1) is 0 Å². The Balaban J connectivity index is 1.69. The van der Waals surface area contributed by atoms with Crippen molar-refractivity contribution in [3.8, 4) is 11.3 Å². The molecule has 2 aromatic heterocycles. The first kappa shape index (κ1) is 24.7. The molecule has 0 amide bonds. The van der Waals surface area contributed by atoms with Crippen molar-refractivity contribution in [3.63, 3.8) is 0 Å². The van der Waals surface area contributed by atoms with Crippen LogP contribution in [0.3, 0.4) is 0 Å². The molecule has 182 valence electrons. The van der Waals surface area contributed by atoms with Gasteiger partial charge in [0.15, 0.2) is 4.80 Å². The zero-order chi connectivity index (χ0) is 25.4. The Kier molecular flexibility index (Phi) is 6.96. The number of furan rings is 1. The lowest BCUT2D eigenvalue weighted by Crippen LogP contribution is -2.39. The molecular formula is C27H20Br2N2O4S. The molecule has 1 aliphatic heterocycles. The van der Waals surface area contributed by atoms with E-state index in [-0.39, 0.29) is 17.7 Å². The molecule has 1 aliphatic rings. The number of carbonyl (C=O) groups excluding carboxylic acids is 1. The monoisotopic (exact) mass is 626 g/mol. The van der Waals surface area contributed by atoms with Crippen molar-refractivity contribution in [2.75, 3.05) is 6.61 Å². The summed E-state index contributed by atoms with van der Waals surface area (Å²) in [6.07, 6.45) is 1.82. The van der Waals surface area contributed by atoms with E-state index in [0.717, 1.165) is 20.1 Å². The minimum absolute atomic E-state index is 0.206. The molecule has 1 atom stereocenters. The predicted octanol–water partition coefficient (Wildman–Crippen LogP) is 5.58. The average molecular weight is 628 g/mol. The summed E-state index contributed by atoms with van der Waals surface area (Å²) in [6, 6.07) is 18.3. The van der Waals surface area contributed by atoms with Crippen molar-refractivity contribution in [1.82, 2.24) is 4.57 Å². The van der Waals surface area contributed by atoms with E-state index in [0.29, 0.717) is 26.6 Å². The molecule has 0 spiro atoms. The molecule has 5 rings (SSSR count). The number of benzene rings is 2. The third kappa shape index (κ3) is 4.70. The van der Waals surface area contributed by atoms with Crippen molar-refractivity contribution in [1.29, 1.82) is 0 Å². The predicted molar refractivity (Wildman–Crippen MR) is 146 cm³/mol. The number of hydrogen-bond acceptors (Lipinski definition) is 6. The molecule has 0 unspecified atom stereocenters. The van der Waals surface area contributed by atoms with Crippen LogP contribution < -0.4 is 14.9 Å². The van der Waals surface area contributed by atoms with Gasteiger partial charge in [-0.05, 0) is 61.9 Å². The number of rotatable bonds is 5. The van der Waals surface area contributed by atoms with E-state index >= 15 is 0 Å². The van der Waals surface area contributed by atoms with Crippen LogP contribution in [0, 0.1) is 0 Å². The quantitative estimate of drug-likeness (QED) is 0.271. The van der Waals surface area contributed by atoms with Gasteiger partial charge in [-0.25, -0.2) is 9.79 Å². The highest BCUT2D eigenvalue weighted by Gasteiger charge is 2.35. The molecule has 0 saturated heterocycles. The maximum atomic E-state index is 13.7. The van der Waals surface area contributed by atoms with Crippen LogP contribution in [0.5, 0.6) is 0 Å². The van der Waals surface area contributed by atoms with Crippen molar-refractivity contribution in [3.05, 3.63) is 112 Å². The van der Waals surface area contributed by atoms with Gasteiger partial charge in [0.25, 0.3) is 5.56 Å². The van der Waals surface area contributed by atoms with Crippen molar-refractivity contribution in [2.45, 2.75) is 19.9 Å². The lowest BCUT2D eigenvalue weighted by Gasteiger charge is -2.22. The summed E-state index contributed by atoms with van der Waals surface area (Å²) in [7, 11) is 0. The molecule has 0 N–H and O–H groups in total. The molecule has 0 fully saturated rings. The van der Waals surface area contributed by atoms with Crippen LogP contribution in [0.25, 0.3) is 17.4 Å². The molecular weight excluding hydrogens is 608 g/mol. The molecule has 2 aromatic carbocycles. The summed E-state index contributed by atoms with van der Waals surface area (Å²) in [5, 5.41) is 0. The van der Waals surface area contributed by atoms with Gasteiger partial charge in [-0.2, -0.15) is 0 Å². The second-order valence-corrected chi connectivity index (χ2v) is 10.9. The Hall–Kier alpha value is -3.01. The fourth-order valence-electron chi connectivity index (χ4n) is 4.08. The molecule has 3 heterocycles. The van der Waals surface area contributed by atoms with Gasteiger partial charge in [-0.3, -0.25) is 9.36 Å². The van der Waals surface area contributed by atoms with Crippen molar-refractivity contribution in [2.24, 2.45) is 4.99 Å². The minimum atomic E-state index is -0.797. The maximum Gasteiger partial charge on any atom is 0.338 e. The number of ether oxygens (including phenoxy) is 1. The average Bonchev–Trinajstić information content (AvgIpc) is 3.44. The van der Waals surface area contributed by atoms with Crippen LogP contribution in [0.1, 0.15) is 31.2 Å². The number of nitrogens with zero attached hydrogens (tertiary/aromatic N) is 2. The number of allylic oxidation sites excluding steroid dienone is 1. The summed E-state index contributed by atoms with van der Waals surface area (Å²) in [5.74, 6) is 0.568. The number of esters is 1. The van der Waals surface area contributed by atoms with E-state index in [9.17, 15) is 9.59 Å². The van der Waals surface area contributed by atoms with Crippen molar-refractivity contribution >= 4 is 55.2 Å². The minimum Gasteiger partial charge on any atom is -0.463 e. The standard InChI is InChI=1S/C27H20Br2N2O4S/c1-3-34-26(33)23-15(2)30-27-31(25(32)22(36-27)14-16-5-4-6-19(29)13-16)24(23)21-12-11-20(35-21)17-7-9-18(28)10-8-17/h4-14,24H,3H2,1-2H3/b22-14-/t24-/m1/s1. The maximum absolute atomic E-state index is 13.7. The smallest absolute Gasteiger partial charge is 0.338 e. The highest BCUT2D eigenvalue weighted by molar-refractivity contribution is 9.10. The molecule has 4 aromatic rings.